The molecule has 0 saturated heterocycles. The van der Waals surface area contributed by atoms with Gasteiger partial charge < -0.3 is 0 Å². The van der Waals surface area contributed by atoms with E-state index in [0.29, 0.717) is 0 Å². The van der Waals surface area contributed by atoms with Crippen LogP contribution < -0.4 is 3.27 Å². The number of benzene rings is 2. The monoisotopic (exact) mass is 508 g/mol. The van der Waals surface area contributed by atoms with Gasteiger partial charge in [0.1, 0.15) is 0 Å². The number of hydrogen-bond donors (Lipinski definition) is 0. The second-order valence-corrected chi connectivity index (χ2v) is 34.5. The fraction of sp³-hybridized carbons (Fsp3) is 0.333. The van der Waals surface area contributed by atoms with Gasteiger partial charge in [-0.1, -0.05) is 0 Å². The Morgan fingerprint density at radius 1 is 0.857 bits per heavy atom. The fourth-order valence-corrected chi connectivity index (χ4v) is 26.3. The molecule has 0 spiro atoms. The molecule has 2 aromatic rings. The molecule has 0 N–H and O–H groups in total. The van der Waals surface area contributed by atoms with Gasteiger partial charge in [0, 0.05) is 0 Å². The predicted molar refractivity (Wildman–Crippen MR) is 129 cm³/mol. The van der Waals surface area contributed by atoms with E-state index in [1.165, 1.54) is 23.1 Å². The summed E-state index contributed by atoms with van der Waals surface area (Å²) < 4.78 is 5.02. The van der Waals surface area contributed by atoms with Gasteiger partial charge in [0.05, 0.1) is 0 Å². The molecule has 0 nitrogen and oxygen atoms in total. The van der Waals surface area contributed by atoms with Crippen molar-refractivity contribution in [2.45, 2.75) is 47.8 Å². The van der Waals surface area contributed by atoms with E-state index < -0.39 is 17.4 Å². The molecule has 4 heteroatoms. The van der Waals surface area contributed by atoms with E-state index in [4.69, 9.17) is 0 Å². The third kappa shape index (κ3) is 3.02. The van der Waals surface area contributed by atoms with E-state index in [0.717, 1.165) is 13.7 Å². The minimum absolute atomic E-state index is 0. The summed E-state index contributed by atoms with van der Waals surface area (Å²) in [5.41, 5.74) is 6.11. The Hall–Kier alpha value is -0.400. The van der Waals surface area contributed by atoms with Crippen LogP contribution in [-0.2, 0) is 23.8 Å². The maximum atomic E-state index is 2.52. The average molecular weight is 511 g/mol. The van der Waals surface area contributed by atoms with E-state index >= 15 is 0 Å². The van der Waals surface area contributed by atoms with Gasteiger partial charge in [-0.2, -0.15) is 0 Å². The molecule has 0 aliphatic heterocycles. The summed E-state index contributed by atoms with van der Waals surface area (Å²) >= 11 is -3.43. The van der Waals surface area contributed by atoms with Crippen molar-refractivity contribution >= 4 is 35.0 Å². The van der Waals surface area contributed by atoms with Crippen LogP contribution in [0.15, 0.2) is 64.0 Å². The van der Waals surface area contributed by atoms with Crippen LogP contribution >= 0.6 is 24.8 Å². The van der Waals surface area contributed by atoms with Gasteiger partial charge >= 0.3 is 162 Å². The largest absolute Gasteiger partial charge is 0.147 e. The Morgan fingerprint density at radius 3 is 2.11 bits per heavy atom. The first-order valence-corrected chi connectivity index (χ1v) is 21.2. The Labute approximate surface area is 185 Å². The van der Waals surface area contributed by atoms with Gasteiger partial charge in [0.25, 0.3) is 0 Å². The third-order valence-corrected chi connectivity index (χ3v) is 44.1. The Bertz CT molecular complexity index is 1000. The van der Waals surface area contributed by atoms with Gasteiger partial charge in [0.2, 0.25) is 0 Å². The summed E-state index contributed by atoms with van der Waals surface area (Å²) in [7, 11) is 0. The smallest absolute Gasteiger partial charge is 0.147 e. The molecule has 0 heterocycles. The van der Waals surface area contributed by atoms with Crippen LogP contribution in [0.4, 0.5) is 0 Å². The van der Waals surface area contributed by atoms with Crippen LogP contribution in [0, 0.1) is 0 Å². The van der Waals surface area contributed by atoms with Crippen LogP contribution in [0.25, 0.3) is 11.1 Å². The maximum Gasteiger partial charge on any atom is -0.147 e. The average Bonchev–Trinajstić information content (AvgIpc) is 3.28. The number of fused-ring (bicyclic) bond motifs is 3. The quantitative estimate of drug-likeness (QED) is 0.353. The molecule has 2 aromatic carbocycles. The van der Waals surface area contributed by atoms with Crippen LogP contribution in [0.3, 0.4) is 0 Å². The van der Waals surface area contributed by atoms with Gasteiger partial charge in [-0.25, -0.2) is 0 Å². The normalized spacial score (nSPS) is 15.0. The summed E-state index contributed by atoms with van der Waals surface area (Å²) in [5, 5.41) is 0. The Kier molecular flexibility index (Phi) is 7.15. The molecule has 2 aliphatic rings. The maximum absolute atomic E-state index is 3.43. The van der Waals surface area contributed by atoms with Crippen LogP contribution in [0.5, 0.6) is 0 Å². The van der Waals surface area contributed by atoms with Crippen LogP contribution in [0.2, 0.25) is 7.25 Å². The van der Waals surface area contributed by atoms with Crippen molar-refractivity contribution in [2.24, 2.45) is 0 Å². The number of halogens is 2. The molecule has 0 radical (unpaired) electrons. The second-order valence-electron chi connectivity index (χ2n) is 8.93. The molecule has 28 heavy (non-hydrogen) atoms. The third-order valence-electron chi connectivity index (χ3n) is 7.65. The molecule has 0 saturated carbocycles. The van der Waals surface area contributed by atoms with Gasteiger partial charge in [-0.05, 0) is 0 Å². The molecule has 4 rings (SSSR count). The Balaban J connectivity index is 0.00000140. The van der Waals surface area contributed by atoms with Crippen molar-refractivity contribution in [2.75, 3.05) is 0 Å². The SMILES string of the molecule is C[CH](C)[Zr](=[SiH2])([C]1=CC=CC1)([c]1cccc2c1Cc1ccccc1-2)[CH](C)C.Cl.Cl. The molecule has 150 valence electrons. The number of rotatable bonds is 4. The second kappa shape index (κ2) is 8.38. The van der Waals surface area contributed by atoms with Crippen molar-refractivity contribution < 1.29 is 17.4 Å². The molecule has 0 unspecified atom stereocenters. The molecule has 0 fully saturated rings. The minimum Gasteiger partial charge on any atom is -0.147 e. The Morgan fingerprint density at radius 2 is 1.50 bits per heavy atom. The van der Waals surface area contributed by atoms with Crippen molar-refractivity contribution in [3.8, 4) is 11.1 Å². The summed E-state index contributed by atoms with van der Waals surface area (Å²) in [6, 6.07) is 16.2. The zero-order valence-electron chi connectivity index (χ0n) is 17.4. The summed E-state index contributed by atoms with van der Waals surface area (Å²) in [6.07, 6.45) is 9.45. The first-order chi connectivity index (χ1) is 12.4. The minimum atomic E-state index is -3.43. The molecular formula is C24H32Cl2SiZr. The first kappa shape index (κ1) is 23.9. The molecular weight excluding hydrogens is 478 g/mol. The van der Waals surface area contributed by atoms with Crippen molar-refractivity contribution in [1.29, 1.82) is 0 Å². The first-order valence-electron chi connectivity index (χ1n) is 9.99. The van der Waals surface area contributed by atoms with E-state index in [-0.39, 0.29) is 24.8 Å². The van der Waals surface area contributed by atoms with Crippen LogP contribution in [-0.4, -0.2) is 6.88 Å². The van der Waals surface area contributed by atoms with Crippen molar-refractivity contribution in [3.05, 3.63) is 75.1 Å². The van der Waals surface area contributed by atoms with Crippen LogP contribution in [0.1, 0.15) is 45.2 Å². The van der Waals surface area contributed by atoms with Gasteiger partial charge in [-0.15, -0.1) is 24.8 Å². The van der Waals surface area contributed by atoms with Gasteiger partial charge in [0.15, 0.2) is 0 Å². The van der Waals surface area contributed by atoms with Gasteiger partial charge in [-0.3, -0.25) is 0 Å². The molecule has 2 aliphatic carbocycles. The fourth-order valence-electron chi connectivity index (χ4n) is 5.80. The summed E-state index contributed by atoms with van der Waals surface area (Å²) in [6.45, 7) is 12.5. The molecule has 0 atom stereocenters. The zero-order chi connectivity index (χ0) is 18.6. The van der Waals surface area contributed by atoms with E-state index in [2.05, 4.69) is 95.3 Å². The molecule has 0 aromatic heterocycles. The van der Waals surface area contributed by atoms with E-state index in [9.17, 15) is 0 Å². The predicted octanol–water partition coefficient (Wildman–Crippen LogP) is 6.46. The number of allylic oxidation sites excluding steroid dienone is 4. The van der Waals surface area contributed by atoms with Crippen molar-refractivity contribution in [1.82, 2.24) is 0 Å². The summed E-state index contributed by atoms with van der Waals surface area (Å²) in [4.78, 5) is 0. The molecule has 0 bridgehead atoms. The number of hydrogen-bond acceptors (Lipinski definition) is 0. The van der Waals surface area contributed by atoms with E-state index in [1.807, 2.05) is 0 Å². The summed E-state index contributed by atoms with van der Waals surface area (Å²) in [5.74, 6) is 0. The van der Waals surface area contributed by atoms with E-state index in [1.54, 1.807) is 12.1 Å². The zero-order valence-corrected chi connectivity index (χ0v) is 22.9. The standard InChI is InChI=1S/C13H9.C5H5.2C3H7.2ClH.H2Si.Zr/c1-3-7-12-10(5-1)9-11-6-2-4-8-13(11)12;1-2-4-5-3-1;2*1-3-2;;;;/h1-5,7-8H,9H2;1-3H,4H2;2*3H,1-2H3;2*1H;1H2;. The molecule has 0 amide bonds. The topological polar surface area (TPSA) is 0 Å². The van der Waals surface area contributed by atoms with Crippen molar-refractivity contribution in [3.63, 3.8) is 0 Å².